The van der Waals surface area contributed by atoms with Crippen LogP contribution in [0.1, 0.15) is 31.7 Å². The summed E-state index contributed by atoms with van der Waals surface area (Å²) in [5, 5.41) is 12.6. The van der Waals surface area contributed by atoms with Gasteiger partial charge in [0.1, 0.15) is 0 Å². The van der Waals surface area contributed by atoms with Gasteiger partial charge >= 0.3 is 0 Å². The second-order valence-corrected chi connectivity index (χ2v) is 6.88. The fourth-order valence-electron chi connectivity index (χ4n) is 2.37. The van der Waals surface area contributed by atoms with Gasteiger partial charge in [-0.25, -0.2) is 0 Å². The van der Waals surface area contributed by atoms with Gasteiger partial charge in [-0.2, -0.15) is 0 Å². The van der Waals surface area contributed by atoms with Crippen LogP contribution in [0.2, 0.25) is 0 Å². The molecular weight excluding hydrogens is 242 g/mol. The molecular formula is C15H23NOS. The van der Waals surface area contributed by atoms with Gasteiger partial charge in [0.15, 0.2) is 0 Å². The monoisotopic (exact) mass is 265 g/mol. The average molecular weight is 265 g/mol. The highest BCUT2D eigenvalue weighted by molar-refractivity contribution is 7.99. The summed E-state index contributed by atoms with van der Waals surface area (Å²) in [6.45, 7) is 6.69. The van der Waals surface area contributed by atoms with Crippen molar-refractivity contribution in [1.29, 1.82) is 0 Å². The lowest BCUT2D eigenvalue weighted by molar-refractivity contribution is 0.207. The lowest BCUT2D eigenvalue weighted by Gasteiger charge is -2.25. The van der Waals surface area contributed by atoms with Crippen molar-refractivity contribution in [3.05, 3.63) is 29.8 Å². The number of rotatable bonds is 6. The number of hydrogen-bond donors (Lipinski definition) is 2. The van der Waals surface area contributed by atoms with Crippen LogP contribution >= 0.6 is 11.8 Å². The highest BCUT2D eigenvalue weighted by Gasteiger charge is 2.23. The summed E-state index contributed by atoms with van der Waals surface area (Å²) < 4.78 is 0. The summed E-state index contributed by atoms with van der Waals surface area (Å²) in [7, 11) is 0. The Balaban J connectivity index is 1.82. The summed E-state index contributed by atoms with van der Waals surface area (Å²) in [5.74, 6) is 1.82. The summed E-state index contributed by atoms with van der Waals surface area (Å²) >= 11 is 1.96. The number of nitrogens with one attached hydrogen (secondary N) is 1. The zero-order chi connectivity index (χ0) is 13.0. The minimum absolute atomic E-state index is 0.181. The van der Waals surface area contributed by atoms with Crippen molar-refractivity contribution >= 4 is 11.8 Å². The number of aliphatic hydroxyl groups excluding tert-OH is 1. The molecule has 0 saturated heterocycles. The molecule has 3 heteroatoms. The Morgan fingerprint density at radius 1 is 1.39 bits per heavy atom. The SMILES string of the molecule is CC(C)(CCO)CNCC1CSc2ccccc21. The van der Waals surface area contributed by atoms with Gasteiger partial charge in [0.2, 0.25) is 0 Å². The standard InChI is InChI=1S/C15H23NOS/c1-15(2,7-8-17)11-16-9-12-10-18-14-6-4-3-5-13(12)14/h3-6,12,16-17H,7-11H2,1-2H3. The normalized spacial score (nSPS) is 18.9. The molecule has 0 aromatic heterocycles. The number of benzene rings is 1. The minimum Gasteiger partial charge on any atom is -0.396 e. The van der Waals surface area contributed by atoms with Gasteiger partial charge in [0, 0.05) is 36.3 Å². The minimum atomic E-state index is 0.181. The van der Waals surface area contributed by atoms with E-state index < -0.39 is 0 Å². The molecule has 18 heavy (non-hydrogen) atoms. The maximum Gasteiger partial charge on any atom is 0.0436 e. The van der Waals surface area contributed by atoms with Gasteiger partial charge in [0.25, 0.3) is 0 Å². The Morgan fingerprint density at radius 2 is 2.17 bits per heavy atom. The first-order valence-electron chi connectivity index (χ1n) is 6.66. The summed E-state index contributed by atoms with van der Waals surface area (Å²) in [6, 6.07) is 8.72. The smallest absolute Gasteiger partial charge is 0.0436 e. The topological polar surface area (TPSA) is 32.3 Å². The molecule has 0 aliphatic carbocycles. The van der Waals surface area contributed by atoms with E-state index in [2.05, 4.69) is 43.4 Å². The lowest BCUT2D eigenvalue weighted by Crippen LogP contribution is -2.33. The van der Waals surface area contributed by atoms with Crippen LogP contribution in [0.25, 0.3) is 0 Å². The number of hydrogen-bond acceptors (Lipinski definition) is 3. The largest absolute Gasteiger partial charge is 0.396 e. The zero-order valence-electron chi connectivity index (χ0n) is 11.3. The van der Waals surface area contributed by atoms with E-state index in [4.69, 9.17) is 5.11 Å². The molecule has 1 heterocycles. The Morgan fingerprint density at radius 3 is 2.94 bits per heavy atom. The van der Waals surface area contributed by atoms with Gasteiger partial charge in [-0.1, -0.05) is 32.0 Å². The molecule has 1 aromatic rings. The van der Waals surface area contributed by atoms with Crippen LogP contribution in [0, 0.1) is 5.41 Å². The molecule has 0 amide bonds. The maximum absolute atomic E-state index is 9.01. The lowest BCUT2D eigenvalue weighted by atomic mass is 9.89. The molecule has 0 fully saturated rings. The molecule has 0 spiro atoms. The Bertz CT molecular complexity index is 392. The molecule has 100 valence electrons. The predicted molar refractivity (Wildman–Crippen MR) is 78.3 cm³/mol. The van der Waals surface area contributed by atoms with Crippen LogP contribution in [0.15, 0.2) is 29.2 Å². The van der Waals surface area contributed by atoms with Gasteiger partial charge in [-0.05, 0) is 23.5 Å². The third-order valence-electron chi connectivity index (χ3n) is 3.58. The van der Waals surface area contributed by atoms with Crippen LogP contribution in [0.3, 0.4) is 0 Å². The highest BCUT2D eigenvalue weighted by atomic mass is 32.2. The fraction of sp³-hybridized carbons (Fsp3) is 0.600. The van der Waals surface area contributed by atoms with E-state index in [-0.39, 0.29) is 12.0 Å². The van der Waals surface area contributed by atoms with Gasteiger partial charge in [-0.15, -0.1) is 11.8 Å². The van der Waals surface area contributed by atoms with Crippen molar-refractivity contribution in [2.75, 3.05) is 25.4 Å². The molecule has 0 saturated carbocycles. The third kappa shape index (κ3) is 3.50. The average Bonchev–Trinajstić information content (AvgIpc) is 2.73. The molecule has 2 rings (SSSR count). The fourth-order valence-corrected chi connectivity index (χ4v) is 3.63. The highest BCUT2D eigenvalue weighted by Crippen LogP contribution is 2.38. The van der Waals surface area contributed by atoms with E-state index >= 15 is 0 Å². The van der Waals surface area contributed by atoms with Crippen molar-refractivity contribution in [2.24, 2.45) is 5.41 Å². The molecule has 1 aliphatic heterocycles. The summed E-state index contributed by atoms with van der Waals surface area (Å²) in [5.41, 5.74) is 1.68. The van der Waals surface area contributed by atoms with Crippen molar-refractivity contribution in [3.8, 4) is 0 Å². The molecule has 2 nitrogen and oxygen atoms in total. The second kappa shape index (κ2) is 6.09. The van der Waals surface area contributed by atoms with Crippen LogP contribution in [-0.2, 0) is 0 Å². The number of aliphatic hydroxyl groups is 1. The number of thioether (sulfide) groups is 1. The van der Waals surface area contributed by atoms with Crippen molar-refractivity contribution in [3.63, 3.8) is 0 Å². The van der Waals surface area contributed by atoms with Gasteiger partial charge in [-0.3, -0.25) is 0 Å². The predicted octanol–water partition coefficient (Wildman–Crippen LogP) is 2.87. The Labute approximate surface area is 114 Å². The van der Waals surface area contributed by atoms with E-state index in [1.54, 1.807) is 0 Å². The first-order valence-corrected chi connectivity index (χ1v) is 7.64. The molecule has 1 unspecified atom stereocenters. The van der Waals surface area contributed by atoms with Crippen molar-refractivity contribution in [1.82, 2.24) is 5.32 Å². The molecule has 0 radical (unpaired) electrons. The molecule has 0 bridgehead atoms. The van der Waals surface area contributed by atoms with Crippen LogP contribution in [0.5, 0.6) is 0 Å². The molecule has 1 atom stereocenters. The number of fused-ring (bicyclic) bond motifs is 1. The quantitative estimate of drug-likeness (QED) is 0.829. The van der Waals surface area contributed by atoms with Crippen molar-refractivity contribution in [2.45, 2.75) is 31.1 Å². The van der Waals surface area contributed by atoms with E-state index in [1.165, 1.54) is 16.2 Å². The Kier molecular flexibility index (Phi) is 4.71. The van der Waals surface area contributed by atoms with E-state index in [1.807, 2.05) is 11.8 Å². The Hall–Kier alpha value is -0.510. The van der Waals surface area contributed by atoms with Crippen LogP contribution < -0.4 is 5.32 Å². The molecule has 1 aromatic carbocycles. The van der Waals surface area contributed by atoms with E-state index in [9.17, 15) is 0 Å². The molecule has 1 aliphatic rings. The van der Waals surface area contributed by atoms with Gasteiger partial charge < -0.3 is 10.4 Å². The summed E-state index contributed by atoms with van der Waals surface area (Å²) in [6.07, 6.45) is 0.857. The van der Waals surface area contributed by atoms with E-state index in [0.29, 0.717) is 5.92 Å². The first kappa shape index (κ1) is 13.9. The third-order valence-corrected chi connectivity index (χ3v) is 4.83. The second-order valence-electron chi connectivity index (χ2n) is 5.81. The first-order chi connectivity index (χ1) is 8.62. The van der Waals surface area contributed by atoms with Crippen LogP contribution in [0.4, 0.5) is 0 Å². The molecule has 2 N–H and O–H groups in total. The van der Waals surface area contributed by atoms with Crippen LogP contribution in [-0.4, -0.2) is 30.6 Å². The van der Waals surface area contributed by atoms with Gasteiger partial charge in [0.05, 0.1) is 0 Å². The maximum atomic E-state index is 9.01. The van der Waals surface area contributed by atoms with Crippen molar-refractivity contribution < 1.29 is 5.11 Å². The van der Waals surface area contributed by atoms with E-state index in [0.717, 1.165) is 19.5 Å². The summed E-state index contributed by atoms with van der Waals surface area (Å²) in [4.78, 5) is 1.44. The zero-order valence-corrected chi connectivity index (χ0v) is 12.1.